The van der Waals surface area contributed by atoms with Gasteiger partial charge in [0, 0.05) is 37.0 Å². The van der Waals surface area contributed by atoms with E-state index in [1.165, 1.54) is 13.0 Å². The molecule has 27 heavy (non-hydrogen) atoms. The van der Waals surface area contributed by atoms with Crippen molar-refractivity contribution in [2.45, 2.75) is 19.8 Å². The standard InChI is InChI=1S/C20H21ClN2O4/c1-14(24)27-18-7-3-5-16(13-18)20(26)23-11-10-22-19(25)9-8-15-4-2-6-17(21)12-15/h2-7,12-13H,8-11H2,1H3,(H,22,25)(H,23,26). The lowest BCUT2D eigenvalue weighted by molar-refractivity contribution is -0.131. The van der Waals surface area contributed by atoms with Crippen LogP contribution in [0.1, 0.15) is 29.3 Å². The summed E-state index contributed by atoms with van der Waals surface area (Å²) in [6, 6.07) is 13.7. The van der Waals surface area contributed by atoms with Gasteiger partial charge in [-0.1, -0.05) is 29.8 Å². The summed E-state index contributed by atoms with van der Waals surface area (Å²) in [5.74, 6) is -0.546. The van der Waals surface area contributed by atoms with Gasteiger partial charge in [0.1, 0.15) is 5.75 Å². The minimum Gasteiger partial charge on any atom is -0.427 e. The van der Waals surface area contributed by atoms with Crippen LogP contribution in [0.3, 0.4) is 0 Å². The molecular formula is C20H21ClN2O4. The lowest BCUT2D eigenvalue weighted by atomic mass is 10.1. The SMILES string of the molecule is CC(=O)Oc1cccc(C(=O)NCCNC(=O)CCc2cccc(Cl)c2)c1. The fraction of sp³-hybridized carbons (Fsp3) is 0.250. The van der Waals surface area contributed by atoms with E-state index < -0.39 is 5.97 Å². The van der Waals surface area contributed by atoms with Crippen LogP contribution in [0, 0.1) is 0 Å². The summed E-state index contributed by atoms with van der Waals surface area (Å²) in [7, 11) is 0. The van der Waals surface area contributed by atoms with Gasteiger partial charge in [-0.2, -0.15) is 0 Å². The second-order valence-electron chi connectivity index (χ2n) is 5.86. The van der Waals surface area contributed by atoms with Gasteiger partial charge in [-0.25, -0.2) is 0 Å². The van der Waals surface area contributed by atoms with Crippen LogP contribution in [-0.4, -0.2) is 30.9 Å². The number of benzene rings is 2. The number of ether oxygens (including phenoxy) is 1. The van der Waals surface area contributed by atoms with Crippen molar-refractivity contribution in [3.05, 3.63) is 64.7 Å². The molecule has 2 rings (SSSR count). The van der Waals surface area contributed by atoms with Gasteiger partial charge >= 0.3 is 5.97 Å². The van der Waals surface area contributed by atoms with Gasteiger partial charge in [-0.15, -0.1) is 0 Å². The smallest absolute Gasteiger partial charge is 0.308 e. The van der Waals surface area contributed by atoms with Crippen molar-refractivity contribution in [3.63, 3.8) is 0 Å². The Morgan fingerprint density at radius 3 is 2.48 bits per heavy atom. The largest absolute Gasteiger partial charge is 0.427 e. The van der Waals surface area contributed by atoms with E-state index in [0.29, 0.717) is 42.3 Å². The molecule has 2 N–H and O–H groups in total. The number of amides is 2. The first kappa shape index (κ1) is 20.5. The van der Waals surface area contributed by atoms with Crippen LogP contribution < -0.4 is 15.4 Å². The third-order valence-electron chi connectivity index (χ3n) is 3.62. The zero-order valence-corrected chi connectivity index (χ0v) is 15.7. The highest BCUT2D eigenvalue weighted by Crippen LogP contribution is 2.13. The summed E-state index contributed by atoms with van der Waals surface area (Å²) in [5, 5.41) is 6.11. The zero-order chi connectivity index (χ0) is 19.6. The van der Waals surface area contributed by atoms with E-state index in [1.54, 1.807) is 24.3 Å². The minimum absolute atomic E-state index is 0.0962. The number of aryl methyl sites for hydroxylation is 1. The van der Waals surface area contributed by atoms with Gasteiger partial charge in [0.15, 0.2) is 0 Å². The monoisotopic (exact) mass is 388 g/mol. The highest BCUT2D eigenvalue weighted by molar-refractivity contribution is 6.30. The number of halogens is 1. The Morgan fingerprint density at radius 2 is 1.74 bits per heavy atom. The summed E-state index contributed by atoms with van der Waals surface area (Å²) in [5.41, 5.74) is 1.37. The van der Waals surface area contributed by atoms with E-state index in [1.807, 2.05) is 18.2 Å². The van der Waals surface area contributed by atoms with Crippen molar-refractivity contribution in [1.29, 1.82) is 0 Å². The fourth-order valence-electron chi connectivity index (χ4n) is 2.39. The van der Waals surface area contributed by atoms with Crippen LogP contribution >= 0.6 is 11.6 Å². The van der Waals surface area contributed by atoms with Gasteiger partial charge < -0.3 is 15.4 Å². The minimum atomic E-state index is -0.451. The predicted octanol–water partition coefficient (Wildman–Crippen LogP) is 2.74. The average Bonchev–Trinajstić information content (AvgIpc) is 2.63. The molecule has 0 aliphatic rings. The zero-order valence-electron chi connectivity index (χ0n) is 15.0. The summed E-state index contributed by atoms with van der Waals surface area (Å²) in [4.78, 5) is 34.9. The molecule has 0 aliphatic carbocycles. The Bertz CT molecular complexity index is 823. The molecule has 0 spiro atoms. The molecule has 142 valence electrons. The highest BCUT2D eigenvalue weighted by atomic mass is 35.5. The first-order chi connectivity index (χ1) is 12.9. The van der Waals surface area contributed by atoms with E-state index in [-0.39, 0.29) is 11.8 Å². The maximum absolute atomic E-state index is 12.1. The van der Waals surface area contributed by atoms with Crippen LogP contribution in [0.2, 0.25) is 5.02 Å². The Hall–Kier alpha value is -2.86. The average molecular weight is 389 g/mol. The van der Waals surface area contributed by atoms with Crippen molar-refractivity contribution in [1.82, 2.24) is 10.6 Å². The third kappa shape index (κ3) is 7.50. The van der Waals surface area contributed by atoms with Crippen molar-refractivity contribution >= 4 is 29.4 Å². The molecule has 0 radical (unpaired) electrons. The van der Waals surface area contributed by atoms with Crippen LogP contribution in [0.5, 0.6) is 5.75 Å². The molecule has 0 bridgehead atoms. The summed E-state index contributed by atoms with van der Waals surface area (Å²) < 4.78 is 4.95. The van der Waals surface area contributed by atoms with Crippen LogP contribution in [0.15, 0.2) is 48.5 Å². The molecular weight excluding hydrogens is 368 g/mol. The summed E-state index contributed by atoms with van der Waals surface area (Å²) >= 11 is 5.91. The molecule has 0 heterocycles. The van der Waals surface area contributed by atoms with Crippen molar-refractivity contribution in [2.24, 2.45) is 0 Å². The maximum atomic E-state index is 12.1. The number of rotatable bonds is 8. The Morgan fingerprint density at radius 1 is 1.00 bits per heavy atom. The van der Waals surface area contributed by atoms with Gasteiger partial charge in [0.05, 0.1) is 0 Å². The quantitative estimate of drug-likeness (QED) is 0.413. The van der Waals surface area contributed by atoms with E-state index in [9.17, 15) is 14.4 Å². The molecule has 0 aromatic heterocycles. The molecule has 2 aromatic rings. The van der Waals surface area contributed by atoms with Gasteiger partial charge in [-0.05, 0) is 42.3 Å². The van der Waals surface area contributed by atoms with Gasteiger partial charge in [0.2, 0.25) is 5.91 Å². The maximum Gasteiger partial charge on any atom is 0.308 e. The molecule has 0 unspecified atom stereocenters. The van der Waals surface area contributed by atoms with Crippen molar-refractivity contribution in [2.75, 3.05) is 13.1 Å². The topological polar surface area (TPSA) is 84.5 Å². The third-order valence-corrected chi connectivity index (χ3v) is 3.86. The number of hydrogen-bond donors (Lipinski definition) is 2. The molecule has 2 aromatic carbocycles. The normalized spacial score (nSPS) is 10.1. The Labute approximate surface area is 162 Å². The van der Waals surface area contributed by atoms with Crippen LogP contribution in [0.25, 0.3) is 0 Å². The van der Waals surface area contributed by atoms with E-state index >= 15 is 0 Å². The van der Waals surface area contributed by atoms with Crippen LogP contribution in [-0.2, 0) is 16.0 Å². The first-order valence-electron chi connectivity index (χ1n) is 8.52. The number of carbonyl (C=O) groups excluding carboxylic acids is 3. The van der Waals surface area contributed by atoms with Gasteiger partial charge in [0.25, 0.3) is 5.91 Å². The van der Waals surface area contributed by atoms with E-state index in [0.717, 1.165) is 5.56 Å². The Kier molecular flexibility index (Phi) is 7.82. The molecule has 2 amide bonds. The van der Waals surface area contributed by atoms with Crippen LogP contribution in [0.4, 0.5) is 0 Å². The lowest BCUT2D eigenvalue weighted by Gasteiger charge is -2.08. The van der Waals surface area contributed by atoms with Crippen molar-refractivity contribution in [3.8, 4) is 5.75 Å². The molecule has 7 heteroatoms. The predicted molar refractivity (Wildman–Crippen MR) is 103 cm³/mol. The molecule has 0 saturated heterocycles. The number of esters is 1. The number of nitrogens with one attached hydrogen (secondary N) is 2. The first-order valence-corrected chi connectivity index (χ1v) is 8.89. The second kappa shape index (κ2) is 10.3. The summed E-state index contributed by atoms with van der Waals surface area (Å²) in [6.07, 6.45) is 0.945. The van der Waals surface area contributed by atoms with Crippen molar-refractivity contribution < 1.29 is 19.1 Å². The Balaban J connectivity index is 1.69. The second-order valence-corrected chi connectivity index (χ2v) is 6.29. The summed E-state index contributed by atoms with van der Waals surface area (Å²) in [6.45, 7) is 1.91. The number of hydrogen-bond acceptors (Lipinski definition) is 4. The van der Waals surface area contributed by atoms with E-state index in [4.69, 9.17) is 16.3 Å². The van der Waals surface area contributed by atoms with Gasteiger partial charge in [-0.3, -0.25) is 14.4 Å². The molecule has 0 saturated carbocycles. The lowest BCUT2D eigenvalue weighted by Crippen LogP contribution is -2.34. The molecule has 6 nitrogen and oxygen atoms in total. The fourth-order valence-corrected chi connectivity index (χ4v) is 2.60. The molecule has 0 atom stereocenters. The highest BCUT2D eigenvalue weighted by Gasteiger charge is 2.08. The molecule has 0 fully saturated rings. The van der Waals surface area contributed by atoms with E-state index in [2.05, 4.69) is 10.6 Å². The number of carbonyl (C=O) groups is 3. The molecule has 0 aliphatic heterocycles.